The van der Waals surface area contributed by atoms with Crippen LogP contribution in [-0.2, 0) is 6.42 Å². The van der Waals surface area contributed by atoms with Gasteiger partial charge in [0.05, 0.1) is 0 Å². The first-order valence-electron chi connectivity index (χ1n) is 4.67. The van der Waals surface area contributed by atoms with Gasteiger partial charge in [0.15, 0.2) is 0 Å². The summed E-state index contributed by atoms with van der Waals surface area (Å²) in [5, 5.41) is 0. The second-order valence-corrected chi connectivity index (χ2v) is 3.30. The van der Waals surface area contributed by atoms with Crippen LogP contribution in [0.3, 0.4) is 0 Å². The first kappa shape index (κ1) is 9.31. The summed E-state index contributed by atoms with van der Waals surface area (Å²) in [4.78, 5) is 0. The topological polar surface area (TPSA) is 0 Å². The van der Waals surface area contributed by atoms with Crippen molar-refractivity contribution in [3.05, 3.63) is 42.3 Å². The zero-order valence-corrected chi connectivity index (χ0v) is 7.84. The van der Waals surface area contributed by atoms with Crippen LogP contribution in [0.25, 0.3) is 0 Å². The summed E-state index contributed by atoms with van der Waals surface area (Å²) in [5.74, 6) is 0. The van der Waals surface area contributed by atoms with Crippen LogP contribution in [0.1, 0.15) is 30.4 Å². The Morgan fingerprint density at radius 2 is 2.08 bits per heavy atom. The van der Waals surface area contributed by atoms with Gasteiger partial charge in [-0.2, -0.15) is 0 Å². The fourth-order valence-electron chi connectivity index (χ4n) is 1.37. The van der Waals surface area contributed by atoms with Crippen LogP contribution < -0.4 is 0 Å². The number of benzene rings is 1. The lowest BCUT2D eigenvalue weighted by Gasteiger charge is -2.00. The number of hydrogen-bond donors (Lipinski definition) is 0. The Kier molecular flexibility index (Phi) is 3.86. The summed E-state index contributed by atoms with van der Waals surface area (Å²) in [7, 11) is 0. The van der Waals surface area contributed by atoms with Gasteiger partial charge in [0.25, 0.3) is 0 Å². The molecule has 0 spiro atoms. The summed E-state index contributed by atoms with van der Waals surface area (Å²) in [6.45, 7) is 5.98. The van der Waals surface area contributed by atoms with Crippen molar-refractivity contribution in [2.45, 2.75) is 32.6 Å². The molecule has 1 rings (SSSR count). The molecule has 0 nitrogen and oxygen atoms in total. The van der Waals surface area contributed by atoms with Crippen molar-refractivity contribution in [1.29, 1.82) is 0 Å². The molecule has 1 aromatic carbocycles. The standard InChI is InChI=1S/C12H17/c1-3-4-5-8-12-9-6-7-11(2)10-12/h6-7,9-10H,1,3-5,8H2,2H3. The average molecular weight is 161 g/mol. The predicted octanol–water partition coefficient (Wildman–Crippen LogP) is 3.54. The third-order valence-corrected chi connectivity index (χ3v) is 2.05. The Labute approximate surface area is 75.6 Å². The fourth-order valence-corrected chi connectivity index (χ4v) is 1.37. The molecule has 1 radical (unpaired) electrons. The van der Waals surface area contributed by atoms with E-state index in [9.17, 15) is 0 Å². The lowest BCUT2D eigenvalue weighted by molar-refractivity contribution is 0.746. The highest BCUT2D eigenvalue weighted by Crippen LogP contribution is 2.08. The van der Waals surface area contributed by atoms with Crippen LogP contribution in [0, 0.1) is 13.8 Å². The van der Waals surface area contributed by atoms with Crippen molar-refractivity contribution >= 4 is 0 Å². The van der Waals surface area contributed by atoms with Crippen molar-refractivity contribution in [1.82, 2.24) is 0 Å². The molecule has 0 heterocycles. The Balaban J connectivity index is 2.41. The maximum Gasteiger partial charge on any atom is -0.0279 e. The Bertz CT molecular complexity index is 225. The van der Waals surface area contributed by atoms with Crippen molar-refractivity contribution in [3.8, 4) is 0 Å². The highest BCUT2D eigenvalue weighted by atomic mass is 14.0. The highest BCUT2D eigenvalue weighted by molar-refractivity contribution is 5.22. The van der Waals surface area contributed by atoms with Crippen molar-refractivity contribution < 1.29 is 0 Å². The van der Waals surface area contributed by atoms with Crippen LogP contribution in [0.4, 0.5) is 0 Å². The van der Waals surface area contributed by atoms with E-state index in [2.05, 4.69) is 38.1 Å². The third-order valence-electron chi connectivity index (χ3n) is 2.05. The molecule has 0 saturated heterocycles. The van der Waals surface area contributed by atoms with Crippen LogP contribution >= 0.6 is 0 Å². The largest absolute Gasteiger partial charge is 0.0617 e. The van der Waals surface area contributed by atoms with Crippen LogP contribution in [0.15, 0.2) is 24.3 Å². The zero-order valence-electron chi connectivity index (χ0n) is 7.84. The summed E-state index contributed by atoms with van der Waals surface area (Å²) < 4.78 is 0. The first-order chi connectivity index (χ1) is 5.83. The molecule has 0 bridgehead atoms. The Morgan fingerprint density at radius 3 is 2.75 bits per heavy atom. The summed E-state index contributed by atoms with van der Waals surface area (Å²) in [5.41, 5.74) is 2.82. The smallest absolute Gasteiger partial charge is 0.0279 e. The second-order valence-electron chi connectivity index (χ2n) is 3.30. The maximum atomic E-state index is 3.83. The number of aryl methyl sites for hydroxylation is 2. The van der Waals surface area contributed by atoms with Crippen molar-refractivity contribution in [3.63, 3.8) is 0 Å². The van der Waals surface area contributed by atoms with Gasteiger partial charge in [-0.1, -0.05) is 49.6 Å². The van der Waals surface area contributed by atoms with E-state index in [0.717, 1.165) is 6.42 Å². The van der Waals surface area contributed by atoms with E-state index in [1.807, 2.05) is 0 Å². The number of hydrogen-bond acceptors (Lipinski definition) is 0. The molecule has 1 aromatic rings. The van der Waals surface area contributed by atoms with E-state index in [4.69, 9.17) is 0 Å². The van der Waals surface area contributed by atoms with E-state index in [-0.39, 0.29) is 0 Å². The molecule has 0 unspecified atom stereocenters. The van der Waals surface area contributed by atoms with E-state index < -0.39 is 0 Å². The fraction of sp³-hybridized carbons (Fsp3) is 0.417. The second kappa shape index (κ2) is 4.97. The molecular weight excluding hydrogens is 144 g/mol. The molecule has 0 saturated carbocycles. The summed E-state index contributed by atoms with van der Waals surface area (Å²) in [6, 6.07) is 8.75. The SMILES string of the molecule is [CH2]CCCCc1cccc(C)c1. The maximum absolute atomic E-state index is 3.83. The predicted molar refractivity (Wildman–Crippen MR) is 54.1 cm³/mol. The van der Waals surface area contributed by atoms with Gasteiger partial charge in [-0.3, -0.25) is 0 Å². The minimum Gasteiger partial charge on any atom is -0.0617 e. The van der Waals surface area contributed by atoms with Gasteiger partial charge in [-0.15, -0.1) is 0 Å². The van der Waals surface area contributed by atoms with Gasteiger partial charge in [0.1, 0.15) is 0 Å². The molecule has 0 N–H and O–H groups in total. The summed E-state index contributed by atoms with van der Waals surface area (Å²) >= 11 is 0. The molecule has 0 aromatic heterocycles. The molecule has 65 valence electrons. The van der Waals surface area contributed by atoms with E-state index in [1.54, 1.807) is 0 Å². The molecule has 0 aliphatic heterocycles. The van der Waals surface area contributed by atoms with Crippen molar-refractivity contribution in [2.24, 2.45) is 0 Å². The van der Waals surface area contributed by atoms with Gasteiger partial charge < -0.3 is 0 Å². The van der Waals surface area contributed by atoms with Crippen LogP contribution in [0.2, 0.25) is 0 Å². The monoisotopic (exact) mass is 161 g/mol. The Morgan fingerprint density at radius 1 is 1.25 bits per heavy atom. The number of unbranched alkanes of at least 4 members (excludes halogenated alkanes) is 2. The van der Waals surface area contributed by atoms with Gasteiger partial charge in [-0.25, -0.2) is 0 Å². The van der Waals surface area contributed by atoms with Crippen LogP contribution in [-0.4, -0.2) is 0 Å². The van der Waals surface area contributed by atoms with Crippen molar-refractivity contribution in [2.75, 3.05) is 0 Å². The van der Waals surface area contributed by atoms with Crippen LogP contribution in [0.5, 0.6) is 0 Å². The first-order valence-corrected chi connectivity index (χ1v) is 4.67. The van der Waals surface area contributed by atoms with E-state index in [1.165, 1.54) is 30.4 Å². The molecule has 0 fully saturated rings. The quantitative estimate of drug-likeness (QED) is 0.592. The average Bonchev–Trinajstić information content (AvgIpc) is 2.05. The minimum atomic E-state index is 1.06. The van der Waals surface area contributed by atoms with Gasteiger partial charge in [-0.05, 0) is 25.3 Å². The number of rotatable bonds is 4. The summed E-state index contributed by atoms with van der Waals surface area (Å²) in [6.07, 6.45) is 4.78. The molecular formula is C12H17. The highest BCUT2D eigenvalue weighted by Gasteiger charge is 1.92. The molecule has 0 atom stereocenters. The van der Waals surface area contributed by atoms with E-state index in [0.29, 0.717) is 0 Å². The van der Waals surface area contributed by atoms with Gasteiger partial charge >= 0.3 is 0 Å². The molecule has 0 amide bonds. The zero-order chi connectivity index (χ0) is 8.81. The molecule has 0 aliphatic rings. The minimum absolute atomic E-state index is 1.06. The lowest BCUT2D eigenvalue weighted by Crippen LogP contribution is -1.85. The third kappa shape index (κ3) is 3.08. The molecule has 12 heavy (non-hydrogen) atoms. The lowest BCUT2D eigenvalue weighted by atomic mass is 10.1. The normalized spacial score (nSPS) is 10.2. The van der Waals surface area contributed by atoms with E-state index >= 15 is 0 Å². The van der Waals surface area contributed by atoms with Gasteiger partial charge in [0, 0.05) is 0 Å². The van der Waals surface area contributed by atoms with Gasteiger partial charge in [0.2, 0.25) is 0 Å². The Hall–Kier alpha value is -0.780. The molecule has 0 aliphatic carbocycles. The molecule has 0 heteroatoms.